The summed E-state index contributed by atoms with van der Waals surface area (Å²) < 4.78 is 0.987. The predicted octanol–water partition coefficient (Wildman–Crippen LogP) is 2.55. The summed E-state index contributed by atoms with van der Waals surface area (Å²) in [5, 5.41) is 12.1. The molecule has 0 atom stereocenters. The third kappa shape index (κ3) is 3.04. The number of carboxylic acids is 1. The minimum atomic E-state index is -1.02. The Bertz CT molecular complexity index is 558. The number of aromatic nitrogens is 2. The predicted molar refractivity (Wildman–Crippen MR) is 70.5 cm³/mol. The SMILES string of the molecule is O=C(O)c1cncnc1CNc1ccc(Br)cc1. The van der Waals surface area contributed by atoms with Gasteiger partial charge in [-0.3, -0.25) is 0 Å². The number of hydrogen-bond donors (Lipinski definition) is 2. The molecule has 1 aromatic heterocycles. The molecule has 0 aliphatic heterocycles. The molecule has 18 heavy (non-hydrogen) atoms. The van der Waals surface area contributed by atoms with Crippen LogP contribution >= 0.6 is 15.9 Å². The molecule has 0 radical (unpaired) electrons. The van der Waals surface area contributed by atoms with Crippen molar-refractivity contribution in [2.75, 3.05) is 5.32 Å². The molecule has 0 fully saturated rings. The Morgan fingerprint density at radius 3 is 2.72 bits per heavy atom. The Kier molecular flexibility index (Phi) is 3.88. The molecule has 2 N–H and O–H groups in total. The normalized spacial score (nSPS) is 10.1. The highest BCUT2D eigenvalue weighted by Crippen LogP contribution is 2.15. The van der Waals surface area contributed by atoms with Crippen molar-refractivity contribution in [3.05, 3.63) is 52.5 Å². The van der Waals surface area contributed by atoms with Crippen LogP contribution in [-0.2, 0) is 6.54 Å². The van der Waals surface area contributed by atoms with Crippen LogP contribution in [0.25, 0.3) is 0 Å². The molecule has 5 nitrogen and oxygen atoms in total. The van der Waals surface area contributed by atoms with E-state index in [9.17, 15) is 4.79 Å². The van der Waals surface area contributed by atoms with E-state index >= 15 is 0 Å². The third-order valence-corrected chi connectivity index (χ3v) is 2.86. The molecule has 2 aromatic rings. The van der Waals surface area contributed by atoms with E-state index in [1.54, 1.807) is 0 Å². The first-order valence-electron chi connectivity index (χ1n) is 5.18. The summed E-state index contributed by atoms with van der Waals surface area (Å²) in [5.41, 5.74) is 1.47. The average molecular weight is 308 g/mol. The highest BCUT2D eigenvalue weighted by Gasteiger charge is 2.10. The number of carbonyl (C=O) groups is 1. The summed E-state index contributed by atoms with van der Waals surface area (Å²) in [5.74, 6) is -1.02. The van der Waals surface area contributed by atoms with Gasteiger partial charge in [0.2, 0.25) is 0 Å². The van der Waals surface area contributed by atoms with Crippen molar-refractivity contribution in [3.63, 3.8) is 0 Å². The Morgan fingerprint density at radius 2 is 2.06 bits per heavy atom. The van der Waals surface area contributed by atoms with Crippen molar-refractivity contribution in [1.82, 2.24) is 9.97 Å². The summed E-state index contributed by atoms with van der Waals surface area (Å²) >= 11 is 3.35. The number of rotatable bonds is 4. The second-order valence-electron chi connectivity index (χ2n) is 3.55. The monoisotopic (exact) mass is 307 g/mol. The van der Waals surface area contributed by atoms with Gasteiger partial charge in [-0.15, -0.1) is 0 Å². The van der Waals surface area contributed by atoms with E-state index in [0.29, 0.717) is 12.2 Å². The fourth-order valence-corrected chi connectivity index (χ4v) is 1.69. The molecule has 0 aliphatic carbocycles. The van der Waals surface area contributed by atoms with Crippen molar-refractivity contribution < 1.29 is 9.90 Å². The van der Waals surface area contributed by atoms with E-state index in [4.69, 9.17) is 5.11 Å². The number of nitrogens with one attached hydrogen (secondary N) is 1. The van der Waals surface area contributed by atoms with Gasteiger partial charge in [0.25, 0.3) is 0 Å². The second kappa shape index (κ2) is 5.59. The Balaban J connectivity index is 2.10. The van der Waals surface area contributed by atoms with Gasteiger partial charge in [0.1, 0.15) is 11.9 Å². The smallest absolute Gasteiger partial charge is 0.339 e. The first-order chi connectivity index (χ1) is 8.66. The fourth-order valence-electron chi connectivity index (χ4n) is 1.43. The summed E-state index contributed by atoms with van der Waals surface area (Å²) in [6.07, 6.45) is 2.64. The van der Waals surface area contributed by atoms with E-state index in [-0.39, 0.29) is 5.56 Å². The van der Waals surface area contributed by atoms with Gasteiger partial charge in [0.05, 0.1) is 12.2 Å². The molecule has 2 rings (SSSR count). The van der Waals surface area contributed by atoms with Gasteiger partial charge in [-0.2, -0.15) is 0 Å². The average Bonchev–Trinajstić information content (AvgIpc) is 2.38. The number of benzene rings is 1. The first kappa shape index (κ1) is 12.5. The van der Waals surface area contributed by atoms with Gasteiger partial charge in [-0.05, 0) is 24.3 Å². The molecule has 0 spiro atoms. The van der Waals surface area contributed by atoms with Crippen LogP contribution in [0.3, 0.4) is 0 Å². The Hall–Kier alpha value is -1.95. The lowest BCUT2D eigenvalue weighted by Gasteiger charge is -2.07. The van der Waals surface area contributed by atoms with Crippen molar-refractivity contribution in [1.29, 1.82) is 0 Å². The van der Waals surface area contributed by atoms with Crippen molar-refractivity contribution >= 4 is 27.6 Å². The van der Waals surface area contributed by atoms with E-state index in [0.717, 1.165) is 10.2 Å². The van der Waals surface area contributed by atoms with Gasteiger partial charge in [-0.25, -0.2) is 14.8 Å². The number of carboxylic acid groups (broad SMARTS) is 1. The van der Waals surface area contributed by atoms with Crippen LogP contribution in [0.5, 0.6) is 0 Å². The molecule has 0 amide bonds. The largest absolute Gasteiger partial charge is 0.478 e. The summed E-state index contributed by atoms with van der Waals surface area (Å²) in [6, 6.07) is 7.60. The van der Waals surface area contributed by atoms with Crippen LogP contribution in [-0.4, -0.2) is 21.0 Å². The zero-order chi connectivity index (χ0) is 13.0. The first-order valence-corrected chi connectivity index (χ1v) is 5.98. The minimum absolute atomic E-state index is 0.113. The van der Waals surface area contributed by atoms with Crippen LogP contribution in [0.1, 0.15) is 16.1 Å². The van der Waals surface area contributed by atoms with Crippen LogP contribution < -0.4 is 5.32 Å². The zero-order valence-corrected chi connectivity index (χ0v) is 10.9. The van der Waals surface area contributed by atoms with Gasteiger partial charge >= 0.3 is 5.97 Å². The molecule has 0 unspecified atom stereocenters. The Morgan fingerprint density at radius 1 is 1.33 bits per heavy atom. The molecule has 1 heterocycles. The molecule has 0 saturated carbocycles. The summed E-state index contributed by atoms with van der Waals surface area (Å²) in [7, 11) is 0. The number of anilines is 1. The number of nitrogens with zero attached hydrogens (tertiary/aromatic N) is 2. The van der Waals surface area contributed by atoms with Gasteiger partial charge in [-0.1, -0.05) is 15.9 Å². The van der Waals surface area contributed by atoms with Gasteiger partial charge in [0.15, 0.2) is 0 Å². The third-order valence-electron chi connectivity index (χ3n) is 2.33. The minimum Gasteiger partial charge on any atom is -0.478 e. The van der Waals surface area contributed by atoms with E-state index in [2.05, 4.69) is 31.2 Å². The molecule has 6 heteroatoms. The van der Waals surface area contributed by atoms with Gasteiger partial charge in [0, 0.05) is 16.4 Å². The summed E-state index contributed by atoms with van der Waals surface area (Å²) in [6.45, 7) is 0.339. The quantitative estimate of drug-likeness (QED) is 0.908. The molecule has 0 saturated heterocycles. The highest BCUT2D eigenvalue weighted by atomic mass is 79.9. The fraction of sp³-hybridized carbons (Fsp3) is 0.0833. The van der Waals surface area contributed by atoms with E-state index < -0.39 is 5.97 Å². The number of aromatic carboxylic acids is 1. The number of halogens is 1. The Labute approximate surface area is 112 Å². The van der Waals surface area contributed by atoms with E-state index in [1.807, 2.05) is 24.3 Å². The lowest BCUT2D eigenvalue weighted by atomic mass is 10.2. The van der Waals surface area contributed by atoms with Crippen LogP contribution in [0, 0.1) is 0 Å². The maximum Gasteiger partial charge on any atom is 0.339 e. The molecule has 1 aromatic carbocycles. The lowest BCUT2D eigenvalue weighted by molar-refractivity contribution is 0.0694. The zero-order valence-electron chi connectivity index (χ0n) is 9.30. The van der Waals surface area contributed by atoms with Crippen molar-refractivity contribution in [2.24, 2.45) is 0 Å². The standard InChI is InChI=1S/C12H10BrN3O2/c13-8-1-3-9(4-2-8)15-6-11-10(12(17)18)5-14-7-16-11/h1-5,7,15H,6H2,(H,17,18). The highest BCUT2D eigenvalue weighted by molar-refractivity contribution is 9.10. The maximum atomic E-state index is 11.0. The molecule has 0 bridgehead atoms. The molecule has 0 aliphatic rings. The summed E-state index contributed by atoms with van der Waals surface area (Å²) in [4.78, 5) is 18.6. The lowest BCUT2D eigenvalue weighted by Crippen LogP contribution is -2.09. The van der Waals surface area contributed by atoms with Crippen LogP contribution in [0.2, 0.25) is 0 Å². The maximum absolute atomic E-state index is 11.0. The molecule has 92 valence electrons. The second-order valence-corrected chi connectivity index (χ2v) is 4.46. The van der Waals surface area contributed by atoms with Gasteiger partial charge < -0.3 is 10.4 Å². The molecular formula is C12H10BrN3O2. The molecular weight excluding hydrogens is 298 g/mol. The number of hydrogen-bond acceptors (Lipinski definition) is 4. The van der Waals surface area contributed by atoms with Crippen LogP contribution in [0.4, 0.5) is 5.69 Å². The van der Waals surface area contributed by atoms with Crippen LogP contribution in [0.15, 0.2) is 41.3 Å². The topological polar surface area (TPSA) is 75.1 Å². The van der Waals surface area contributed by atoms with Crippen molar-refractivity contribution in [2.45, 2.75) is 6.54 Å². The van der Waals surface area contributed by atoms with E-state index in [1.165, 1.54) is 12.5 Å². The van der Waals surface area contributed by atoms with Crippen molar-refractivity contribution in [3.8, 4) is 0 Å².